The molecule has 1 fully saturated rings. The van der Waals surface area contributed by atoms with Crippen LogP contribution < -0.4 is 15.2 Å². The first kappa shape index (κ1) is 13.2. The van der Waals surface area contributed by atoms with Crippen LogP contribution in [0.2, 0.25) is 0 Å². The number of nitrogens with one attached hydrogen (secondary N) is 1. The van der Waals surface area contributed by atoms with Gasteiger partial charge in [0.2, 0.25) is 10.0 Å². The lowest BCUT2D eigenvalue weighted by Crippen LogP contribution is -2.26. The molecule has 6 heteroatoms. The van der Waals surface area contributed by atoms with E-state index in [9.17, 15) is 8.42 Å². The predicted octanol–water partition coefficient (Wildman–Crippen LogP) is 1.36. The molecule has 0 aromatic heterocycles. The summed E-state index contributed by atoms with van der Waals surface area (Å²) < 4.78 is 32.3. The van der Waals surface area contributed by atoms with Crippen LogP contribution in [0.5, 0.6) is 5.75 Å². The Morgan fingerprint density at radius 3 is 2.78 bits per heavy atom. The van der Waals surface area contributed by atoms with E-state index in [-0.39, 0.29) is 4.90 Å². The van der Waals surface area contributed by atoms with E-state index in [2.05, 4.69) is 4.72 Å². The monoisotopic (exact) mass is 270 g/mol. The van der Waals surface area contributed by atoms with E-state index < -0.39 is 10.0 Å². The minimum atomic E-state index is -3.55. The van der Waals surface area contributed by atoms with E-state index >= 15 is 0 Å². The molecule has 100 valence electrons. The van der Waals surface area contributed by atoms with Gasteiger partial charge >= 0.3 is 0 Å². The fourth-order valence-electron chi connectivity index (χ4n) is 1.64. The van der Waals surface area contributed by atoms with Crippen molar-refractivity contribution in [3.63, 3.8) is 0 Å². The standard InChI is InChI=1S/C12H18N2O3S/c1-2-17-11-6-5-10(13)7-12(11)18(15,16)14-8-9-3-4-9/h5-7,9,14H,2-4,8,13H2,1H3. The Labute approximate surface area is 107 Å². The SMILES string of the molecule is CCOc1ccc(N)cc1S(=O)(=O)NCC1CC1. The molecule has 1 aliphatic rings. The molecule has 18 heavy (non-hydrogen) atoms. The molecular formula is C12H18N2O3S. The van der Waals surface area contributed by atoms with E-state index in [1.54, 1.807) is 12.1 Å². The molecule has 1 saturated carbocycles. The van der Waals surface area contributed by atoms with Gasteiger partial charge in [0.15, 0.2) is 0 Å². The largest absolute Gasteiger partial charge is 0.492 e. The molecule has 5 nitrogen and oxygen atoms in total. The lowest BCUT2D eigenvalue weighted by molar-refractivity contribution is 0.331. The van der Waals surface area contributed by atoms with Gasteiger partial charge in [0.1, 0.15) is 10.6 Å². The Balaban J connectivity index is 2.25. The van der Waals surface area contributed by atoms with Gasteiger partial charge < -0.3 is 10.5 Å². The van der Waals surface area contributed by atoms with Gasteiger partial charge in [-0.3, -0.25) is 0 Å². The fraction of sp³-hybridized carbons (Fsp3) is 0.500. The molecule has 0 atom stereocenters. The Bertz CT molecular complexity index is 524. The minimum absolute atomic E-state index is 0.116. The van der Waals surface area contributed by atoms with Crippen LogP contribution in [0.4, 0.5) is 5.69 Å². The highest BCUT2D eigenvalue weighted by Gasteiger charge is 2.26. The van der Waals surface area contributed by atoms with Gasteiger partial charge in [-0.15, -0.1) is 0 Å². The first-order chi connectivity index (χ1) is 8.53. The van der Waals surface area contributed by atoms with Crippen LogP contribution in [0.25, 0.3) is 0 Å². The number of rotatable bonds is 6. The van der Waals surface area contributed by atoms with Gasteiger partial charge in [-0.25, -0.2) is 13.1 Å². The molecule has 0 unspecified atom stereocenters. The summed E-state index contributed by atoms with van der Waals surface area (Å²) in [6.07, 6.45) is 2.19. The highest BCUT2D eigenvalue weighted by molar-refractivity contribution is 7.89. The molecule has 1 aliphatic carbocycles. The van der Waals surface area contributed by atoms with Crippen LogP contribution in [0.1, 0.15) is 19.8 Å². The van der Waals surface area contributed by atoms with Gasteiger partial charge in [0.05, 0.1) is 6.61 Å². The van der Waals surface area contributed by atoms with Crippen molar-refractivity contribution in [2.24, 2.45) is 5.92 Å². The number of hydrogen-bond donors (Lipinski definition) is 2. The Morgan fingerprint density at radius 1 is 1.44 bits per heavy atom. The highest BCUT2D eigenvalue weighted by atomic mass is 32.2. The molecule has 3 N–H and O–H groups in total. The van der Waals surface area contributed by atoms with Crippen molar-refractivity contribution in [2.75, 3.05) is 18.9 Å². The summed E-state index contributed by atoms with van der Waals surface area (Å²) in [6.45, 7) is 2.71. The van der Waals surface area contributed by atoms with E-state index in [1.807, 2.05) is 6.92 Å². The third kappa shape index (κ3) is 3.14. The summed E-state index contributed by atoms with van der Waals surface area (Å²) in [4.78, 5) is 0.116. The van der Waals surface area contributed by atoms with Crippen LogP contribution >= 0.6 is 0 Å². The average molecular weight is 270 g/mol. The van der Waals surface area contributed by atoms with Crippen molar-refractivity contribution in [3.8, 4) is 5.75 Å². The minimum Gasteiger partial charge on any atom is -0.492 e. The molecule has 0 heterocycles. The molecule has 2 rings (SSSR count). The van der Waals surface area contributed by atoms with Crippen LogP contribution in [0.15, 0.2) is 23.1 Å². The zero-order valence-electron chi connectivity index (χ0n) is 10.3. The van der Waals surface area contributed by atoms with E-state index in [0.29, 0.717) is 30.5 Å². The van der Waals surface area contributed by atoms with Crippen molar-refractivity contribution >= 4 is 15.7 Å². The second-order valence-corrected chi connectivity index (χ2v) is 6.17. The quantitative estimate of drug-likeness (QED) is 0.765. The van der Waals surface area contributed by atoms with E-state index in [0.717, 1.165) is 12.8 Å². The third-order valence-corrected chi connectivity index (χ3v) is 4.26. The van der Waals surface area contributed by atoms with Gasteiger partial charge in [0.25, 0.3) is 0 Å². The number of hydrogen-bond acceptors (Lipinski definition) is 4. The normalized spacial score (nSPS) is 15.6. The molecule has 0 saturated heterocycles. The molecule has 1 aromatic rings. The maximum atomic E-state index is 12.2. The smallest absolute Gasteiger partial charge is 0.244 e. The molecule has 0 bridgehead atoms. The number of sulfonamides is 1. The molecule has 0 amide bonds. The predicted molar refractivity (Wildman–Crippen MR) is 69.9 cm³/mol. The first-order valence-electron chi connectivity index (χ1n) is 6.05. The summed E-state index contributed by atoms with van der Waals surface area (Å²) in [6, 6.07) is 4.65. The molecule has 0 radical (unpaired) electrons. The van der Waals surface area contributed by atoms with Crippen LogP contribution in [-0.4, -0.2) is 21.6 Å². The van der Waals surface area contributed by atoms with Crippen LogP contribution in [-0.2, 0) is 10.0 Å². The van der Waals surface area contributed by atoms with Crippen molar-refractivity contribution in [3.05, 3.63) is 18.2 Å². The van der Waals surface area contributed by atoms with Gasteiger partial charge in [0, 0.05) is 12.2 Å². The highest BCUT2D eigenvalue weighted by Crippen LogP contribution is 2.30. The van der Waals surface area contributed by atoms with Crippen LogP contribution in [0.3, 0.4) is 0 Å². The second kappa shape index (κ2) is 5.16. The van der Waals surface area contributed by atoms with Gasteiger partial charge in [-0.2, -0.15) is 0 Å². The van der Waals surface area contributed by atoms with Crippen molar-refractivity contribution in [1.29, 1.82) is 0 Å². The zero-order chi connectivity index (χ0) is 13.2. The number of benzene rings is 1. The lowest BCUT2D eigenvalue weighted by Gasteiger charge is -2.12. The molecule has 1 aromatic carbocycles. The zero-order valence-corrected chi connectivity index (χ0v) is 11.2. The summed E-state index contributed by atoms with van der Waals surface area (Å²) in [5.74, 6) is 0.825. The first-order valence-corrected chi connectivity index (χ1v) is 7.53. The molecule has 0 aliphatic heterocycles. The van der Waals surface area contributed by atoms with Gasteiger partial charge in [-0.1, -0.05) is 0 Å². The average Bonchev–Trinajstić information content (AvgIpc) is 3.13. The Hall–Kier alpha value is -1.27. The number of nitrogen functional groups attached to an aromatic ring is 1. The second-order valence-electron chi connectivity index (χ2n) is 4.43. The lowest BCUT2D eigenvalue weighted by atomic mass is 10.3. The topological polar surface area (TPSA) is 81.4 Å². The van der Waals surface area contributed by atoms with Crippen LogP contribution in [0, 0.1) is 5.92 Å². The number of anilines is 1. The van der Waals surface area contributed by atoms with Crippen molar-refractivity contribution in [2.45, 2.75) is 24.7 Å². The molecular weight excluding hydrogens is 252 g/mol. The Morgan fingerprint density at radius 2 is 2.17 bits per heavy atom. The maximum Gasteiger partial charge on any atom is 0.244 e. The summed E-state index contributed by atoms with van der Waals surface area (Å²) >= 11 is 0. The van der Waals surface area contributed by atoms with Crippen molar-refractivity contribution < 1.29 is 13.2 Å². The van der Waals surface area contributed by atoms with E-state index in [4.69, 9.17) is 10.5 Å². The number of ether oxygens (including phenoxy) is 1. The maximum absolute atomic E-state index is 12.2. The summed E-state index contributed by atoms with van der Waals surface area (Å²) in [5.41, 5.74) is 6.05. The van der Waals surface area contributed by atoms with E-state index in [1.165, 1.54) is 6.07 Å². The number of nitrogens with two attached hydrogens (primary N) is 1. The third-order valence-electron chi connectivity index (χ3n) is 2.82. The molecule has 0 spiro atoms. The van der Waals surface area contributed by atoms with Gasteiger partial charge in [-0.05, 0) is 43.9 Å². The van der Waals surface area contributed by atoms with Crippen molar-refractivity contribution in [1.82, 2.24) is 4.72 Å². The summed E-state index contributed by atoms with van der Waals surface area (Å²) in [5, 5.41) is 0. The summed E-state index contributed by atoms with van der Waals surface area (Å²) in [7, 11) is -3.55. The Kier molecular flexibility index (Phi) is 3.77. The fourth-order valence-corrected chi connectivity index (χ4v) is 2.93.